The molecule has 1 heterocycles. The Hall–Kier alpha value is -1.39. The molecule has 2 rings (SSSR count). The molecule has 0 aliphatic carbocycles. The number of carbonyl (C=O) groups excluding carboxylic acids is 1. The number of hydrogen-bond acceptors (Lipinski definition) is 4. The molecule has 0 bridgehead atoms. The number of hydrogen-bond donors (Lipinski definition) is 1. The summed E-state index contributed by atoms with van der Waals surface area (Å²) in [4.78, 5) is 11.0. The standard InChI is InChI=1S/C13H16O4/c1-2-16-12-6-4-3-5-11(12)13(15)10(9-14)7-8-17-13/h3-6,9-10,15H,2,7-8H2,1H3. The molecule has 0 amide bonds. The summed E-state index contributed by atoms with van der Waals surface area (Å²) in [6, 6.07) is 7.11. The maximum atomic E-state index is 11.0. The van der Waals surface area contributed by atoms with Gasteiger partial charge in [-0.1, -0.05) is 12.1 Å². The van der Waals surface area contributed by atoms with E-state index < -0.39 is 11.7 Å². The average molecular weight is 236 g/mol. The molecule has 1 saturated heterocycles. The van der Waals surface area contributed by atoms with E-state index in [1.54, 1.807) is 18.2 Å². The van der Waals surface area contributed by atoms with Crippen LogP contribution in [0.25, 0.3) is 0 Å². The molecule has 1 aliphatic rings. The van der Waals surface area contributed by atoms with Crippen LogP contribution in [0.4, 0.5) is 0 Å². The Morgan fingerprint density at radius 2 is 2.35 bits per heavy atom. The van der Waals surface area contributed by atoms with Crippen molar-refractivity contribution < 1.29 is 19.4 Å². The second-order valence-electron chi connectivity index (χ2n) is 4.01. The summed E-state index contributed by atoms with van der Waals surface area (Å²) >= 11 is 0. The Balaban J connectivity index is 2.41. The number of aliphatic hydroxyl groups is 1. The van der Waals surface area contributed by atoms with Crippen LogP contribution in [0.2, 0.25) is 0 Å². The van der Waals surface area contributed by atoms with Crippen LogP contribution in [0.3, 0.4) is 0 Å². The van der Waals surface area contributed by atoms with Crippen LogP contribution in [0, 0.1) is 5.92 Å². The monoisotopic (exact) mass is 236 g/mol. The molecule has 2 atom stereocenters. The molecule has 0 aromatic heterocycles. The summed E-state index contributed by atoms with van der Waals surface area (Å²) in [6.07, 6.45) is 1.27. The van der Waals surface area contributed by atoms with Gasteiger partial charge in [-0.25, -0.2) is 0 Å². The molecule has 0 spiro atoms. The summed E-state index contributed by atoms with van der Waals surface area (Å²) in [5.74, 6) is -1.52. The number of benzene rings is 1. The van der Waals surface area contributed by atoms with Gasteiger partial charge in [0.05, 0.1) is 24.7 Å². The second-order valence-corrected chi connectivity index (χ2v) is 4.01. The van der Waals surface area contributed by atoms with E-state index in [-0.39, 0.29) is 0 Å². The van der Waals surface area contributed by atoms with Crippen molar-refractivity contribution in [2.45, 2.75) is 19.1 Å². The Labute approximate surface area is 100 Å². The van der Waals surface area contributed by atoms with E-state index in [9.17, 15) is 9.90 Å². The fourth-order valence-electron chi connectivity index (χ4n) is 2.13. The summed E-state index contributed by atoms with van der Waals surface area (Å²) in [5, 5.41) is 10.5. The first-order chi connectivity index (χ1) is 8.22. The molecule has 2 unspecified atom stereocenters. The van der Waals surface area contributed by atoms with Crippen molar-refractivity contribution in [1.29, 1.82) is 0 Å². The molecule has 4 nitrogen and oxygen atoms in total. The Morgan fingerprint density at radius 3 is 3.06 bits per heavy atom. The van der Waals surface area contributed by atoms with Gasteiger partial charge in [-0.3, -0.25) is 0 Å². The fraction of sp³-hybridized carbons (Fsp3) is 0.462. The second kappa shape index (κ2) is 4.85. The van der Waals surface area contributed by atoms with Crippen LogP contribution in [0.15, 0.2) is 24.3 Å². The van der Waals surface area contributed by atoms with Crippen LogP contribution in [0.5, 0.6) is 5.75 Å². The van der Waals surface area contributed by atoms with E-state index in [0.717, 1.165) is 6.29 Å². The van der Waals surface area contributed by atoms with Gasteiger partial charge in [0.2, 0.25) is 5.79 Å². The van der Waals surface area contributed by atoms with Gasteiger partial charge in [-0.2, -0.15) is 0 Å². The molecule has 0 radical (unpaired) electrons. The van der Waals surface area contributed by atoms with Crippen molar-refractivity contribution in [3.05, 3.63) is 29.8 Å². The molecule has 4 heteroatoms. The zero-order chi connectivity index (χ0) is 12.3. The molecule has 1 aromatic rings. The Bertz CT molecular complexity index is 404. The molecule has 0 saturated carbocycles. The predicted molar refractivity (Wildman–Crippen MR) is 61.6 cm³/mol. The lowest BCUT2D eigenvalue weighted by Crippen LogP contribution is -2.33. The highest BCUT2D eigenvalue weighted by molar-refractivity contribution is 5.58. The fourth-order valence-corrected chi connectivity index (χ4v) is 2.13. The quantitative estimate of drug-likeness (QED) is 0.804. The van der Waals surface area contributed by atoms with Crippen LogP contribution in [-0.4, -0.2) is 24.6 Å². The lowest BCUT2D eigenvalue weighted by molar-refractivity contribution is -0.201. The van der Waals surface area contributed by atoms with Crippen LogP contribution < -0.4 is 4.74 Å². The summed E-state index contributed by atoms with van der Waals surface area (Å²) in [6.45, 7) is 2.74. The van der Waals surface area contributed by atoms with Crippen LogP contribution in [0.1, 0.15) is 18.9 Å². The zero-order valence-corrected chi connectivity index (χ0v) is 9.76. The minimum absolute atomic E-state index is 0.375. The third-order valence-electron chi connectivity index (χ3n) is 2.99. The van der Waals surface area contributed by atoms with Gasteiger partial charge in [0.1, 0.15) is 12.0 Å². The molecule has 1 fully saturated rings. The van der Waals surface area contributed by atoms with Crippen molar-refractivity contribution >= 4 is 6.29 Å². The maximum Gasteiger partial charge on any atom is 0.205 e. The number of para-hydroxylation sites is 1. The van der Waals surface area contributed by atoms with Gasteiger partial charge in [-0.05, 0) is 25.5 Å². The molecule has 1 aliphatic heterocycles. The molecule has 1 N–H and O–H groups in total. The molecule has 17 heavy (non-hydrogen) atoms. The smallest absolute Gasteiger partial charge is 0.205 e. The highest BCUT2D eigenvalue weighted by Crippen LogP contribution is 2.41. The van der Waals surface area contributed by atoms with Crippen LogP contribution >= 0.6 is 0 Å². The average Bonchev–Trinajstić information content (AvgIpc) is 2.72. The number of aldehydes is 1. The van der Waals surface area contributed by atoms with Crippen molar-refractivity contribution in [2.75, 3.05) is 13.2 Å². The normalized spacial score (nSPS) is 28.0. The van der Waals surface area contributed by atoms with Crippen molar-refractivity contribution in [2.24, 2.45) is 5.92 Å². The van der Waals surface area contributed by atoms with Crippen molar-refractivity contribution in [3.8, 4) is 5.75 Å². The highest BCUT2D eigenvalue weighted by atomic mass is 16.6. The minimum atomic E-state index is -1.55. The number of rotatable bonds is 4. The first kappa shape index (κ1) is 12.1. The SMILES string of the molecule is CCOc1ccccc1C1(O)OCCC1C=O. The maximum absolute atomic E-state index is 11.0. The highest BCUT2D eigenvalue weighted by Gasteiger charge is 2.46. The number of ether oxygens (including phenoxy) is 2. The Kier molecular flexibility index (Phi) is 3.45. The Morgan fingerprint density at radius 1 is 1.59 bits per heavy atom. The van der Waals surface area contributed by atoms with Crippen molar-refractivity contribution in [3.63, 3.8) is 0 Å². The van der Waals surface area contributed by atoms with E-state index in [4.69, 9.17) is 9.47 Å². The zero-order valence-electron chi connectivity index (χ0n) is 9.76. The summed E-state index contributed by atoms with van der Waals surface area (Å²) < 4.78 is 10.8. The summed E-state index contributed by atoms with van der Waals surface area (Å²) in [7, 11) is 0. The van der Waals surface area contributed by atoms with E-state index in [0.29, 0.717) is 30.9 Å². The largest absolute Gasteiger partial charge is 0.493 e. The molecule has 92 valence electrons. The van der Waals surface area contributed by atoms with Gasteiger partial charge in [0.15, 0.2) is 0 Å². The van der Waals surface area contributed by atoms with Gasteiger partial charge in [0.25, 0.3) is 0 Å². The topological polar surface area (TPSA) is 55.8 Å². The van der Waals surface area contributed by atoms with Crippen LogP contribution in [-0.2, 0) is 15.3 Å². The third-order valence-corrected chi connectivity index (χ3v) is 2.99. The van der Waals surface area contributed by atoms with Gasteiger partial charge in [0, 0.05) is 0 Å². The molecular formula is C13H16O4. The summed E-state index contributed by atoms with van der Waals surface area (Å²) in [5.41, 5.74) is 0.524. The number of carbonyl (C=O) groups is 1. The van der Waals surface area contributed by atoms with Crippen molar-refractivity contribution in [1.82, 2.24) is 0 Å². The van der Waals surface area contributed by atoms with E-state index >= 15 is 0 Å². The van der Waals surface area contributed by atoms with Gasteiger partial charge < -0.3 is 19.4 Å². The minimum Gasteiger partial charge on any atom is -0.493 e. The first-order valence-corrected chi connectivity index (χ1v) is 5.76. The predicted octanol–water partition coefficient (Wildman–Crippen LogP) is 1.47. The van der Waals surface area contributed by atoms with Gasteiger partial charge >= 0.3 is 0 Å². The molecule has 1 aromatic carbocycles. The molecular weight excluding hydrogens is 220 g/mol. The van der Waals surface area contributed by atoms with E-state index in [2.05, 4.69) is 0 Å². The third kappa shape index (κ3) is 2.06. The van der Waals surface area contributed by atoms with E-state index in [1.807, 2.05) is 13.0 Å². The first-order valence-electron chi connectivity index (χ1n) is 5.76. The lowest BCUT2D eigenvalue weighted by atomic mass is 9.92. The lowest BCUT2D eigenvalue weighted by Gasteiger charge is -2.27. The van der Waals surface area contributed by atoms with Gasteiger partial charge in [-0.15, -0.1) is 0 Å². The van der Waals surface area contributed by atoms with E-state index in [1.165, 1.54) is 0 Å².